The Bertz CT molecular complexity index is 913. The number of hydrogen-bond acceptors (Lipinski definition) is 3. The average Bonchev–Trinajstić information content (AvgIpc) is 3.18. The van der Waals surface area contributed by atoms with Crippen LogP contribution in [-0.2, 0) is 0 Å². The van der Waals surface area contributed by atoms with Gasteiger partial charge in [-0.3, -0.25) is 0 Å². The first-order valence-corrected chi connectivity index (χ1v) is 15.4. The summed E-state index contributed by atoms with van der Waals surface area (Å²) in [4.78, 5) is 0. The first-order chi connectivity index (χ1) is 17.1. The standard InChI is InChI=1S/C33H54N2O/c1-21(2)7-6-8-22(3)27-12-13-28-26-11-9-23-19-25(36-31-14-10-24(34)20-30(31)35)15-17-32(23,4)29(26)16-18-33(27,28)5/h10,14,20-23,25-29H,6-9,11-13,15-19,34-35H2,1-5H3/t22?,23?,25?,26?,27?,28?,29-,32?,33?/m1/s1. The summed E-state index contributed by atoms with van der Waals surface area (Å²) in [6, 6.07) is 5.69. The summed E-state index contributed by atoms with van der Waals surface area (Å²) >= 11 is 0. The summed E-state index contributed by atoms with van der Waals surface area (Å²) in [5.74, 6) is 7.17. The van der Waals surface area contributed by atoms with Crippen molar-refractivity contribution in [3.63, 3.8) is 0 Å². The van der Waals surface area contributed by atoms with Gasteiger partial charge in [-0.25, -0.2) is 0 Å². The van der Waals surface area contributed by atoms with Crippen molar-refractivity contribution in [2.24, 2.45) is 52.3 Å². The zero-order valence-electron chi connectivity index (χ0n) is 23.9. The molecule has 0 aliphatic heterocycles. The Labute approximate surface area is 221 Å². The highest BCUT2D eigenvalue weighted by Gasteiger charge is 2.60. The molecule has 4 N–H and O–H groups in total. The fourth-order valence-electron chi connectivity index (χ4n) is 10.2. The molecule has 5 rings (SSSR count). The van der Waals surface area contributed by atoms with Crippen molar-refractivity contribution in [2.45, 2.75) is 118 Å². The minimum absolute atomic E-state index is 0.293. The lowest BCUT2D eigenvalue weighted by atomic mass is 9.44. The maximum absolute atomic E-state index is 6.46. The molecule has 0 saturated heterocycles. The largest absolute Gasteiger partial charge is 0.488 e. The fraction of sp³-hybridized carbons (Fsp3) is 0.818. The Balaban J connectivity index is 1.24. The van der Waals surface area contributed by atoms with Crippen molar-refractivity contribution in [1.82, 2.24) is 0 Å². The van der Waals surface area contributed by atoms with E-state index in [1.807, 2.05) is 18.2 Å². The highest BCUT2D eigenvalue weighted by atomic mass is 16.5. The second kappa shape index (κ2) is 10.1. The molecule has 4 saturated carbocycles. The molecule has 0 aromatic heterocycles. The van der Waals surface area contributed by atoms with Gasteiger partial charge in [-0.2, -0.15) is 0 Å². The van der Waals surface area contributed by atoms with E-state index in [4.69, 9.17) is 16.2 Å². The van der Waals surface area contributed by atoms with Crippen LogP contribution in [0.2, 0.25) is 0 Å². The van der Waals surface area contributed by atoms with Crippen LogP contribution in [0.5, 0.6) is 5.75 Å². The number of hydrogen-bond donors (Lipinski definition) is 2. The number of anilines is 2. The summed E-state index contributed by atoms with van der Waals surface area (Å²) in [5.41, 5.74) is 14.6. The maximum Gasteiger partial charge on any atom is 0.142 e. The molecule has 0 radical (unpaired) electrons. The molecule has 3 nitrogen and oxygen atoms in total. The summed E-state index contributed by atoms with van der Waals surface area (Å²) in [6.45, 7) is 12.7. The predicted molar refractivity (Wildman–Crippen MR) is 153 cm³/mol. The molecule has 36 heavy (non-hydrogen) atoms. The molecule has 0 amide bonds. The van der Waals surface area contributed by atoms with Crippen molar-refractivity contribution in [3.8, 4) is 5.75 Å². The molecule has 4 fully saturated rings. The summed E-state index contributed by atoms with van der Waals surface area (Å²) in [6.07, 6.45) is 17.0. The van der Waals surface area contributed by atoms with E-state index in [1.54, 1.807) is 0 Å². The quantitative estimate of drug-likeness (QED) is 0.372. The topological polar surface area (TPSA) is 61.3 Å². The van der Waals surface area contributed by atoms with Gasteiger partial charge in [0, 0.05) is 5.69 Å². The van der Waals surface area contributed by atoms with E-state index < -0.39 is 0 Å². The van der Waals surface area contributed by atoms with Crippen molar-refractivity contribution in [3.05, 3.63) is 18.2 Å². The first-order valence-electron chi connectivity index (χ1n) is 15.4. The monoisotopic (exact) mass is 494 g/mol. The number of nitrogens with two attached hydrogens (primary N) is 2. The van der Waals surface area contributed by atoms with Gasteiger partial charge in [0.15, 0.2) is 0 Å². The minimum Gasteiger partial charge on any atom is -0.488 e. The van der Waals surface area contributed by atoms with Gasteiger partial charge in [-0.15, -0.1) is 0 Å². The molecule has 1 aromatic rings. The van der Waals surface area contributed by atoms with E-state index in [2.05, 4.69) is 34.6 Å². The second-order valence-corrected chi connectivity index (χ2v) is 14.5. The third-order valence-electron chi connectivity index (χ3n) is 12.1. The van der Waals surface area contributed by atoms with E-state index in [1.165, 1.54) is 70.6 Å². The van der Waals surface area contributed by atoms with E-state index in [9.17, 15) is 0 Å². The molecular formula is C33H54N2O. The first kappa shape index (κ1) is 26.2. The van der Waals surface area contributed by atoms with Crippen LogP contribution in [0, 0.1) is 52.3 Å². The second-order valence-electron chi connectivity index (χ2n) is 14.5. The van der Waals surface area contributed by atoms with Gasteiger partial charge in [0.2, 0.25) is 0 Å². The van der Waals surface area contributed by atoms with Crippen LogP contribution < -0.4 is 16.2 Å². The van der Waals surface area contributed by atoms with Crippen molar-refractivity contribution < 1.29 is 4.74 Å². The minimum atomic E-state index is 0.293. The molecule has 0 spiro atoms. The van der Waals surface area contributed by atoms with Crippen LogP contribution in [-0.4, -0.2) is 6.10 Å². The van der Waals surface area contributed by atoms with Crippen LogP contribution in [0.1, 0.15) is 112 Å². The Morgan fingerprint density at radius 2 is 1.64 bits per heavy atom. The third-order valence-corrected chi connectivity index (χ3v) is 12.1. The zero-order valence-corrected chi connectivity index (χ0v) is 23.9. The van der Waals surface area contributed by atoms with Crippen molar-refractivity contribution >= 4 is 11.4 Å². The number of fused-ring (bicyclic) bond motifs is 5. The van der Waals surface area contributed by atoms with Crippen LogP contribution in [0.4, 0.5) is 11.4 Å². The Hall–Kier alpha value is -1.38. The fourth-order valence-corrected chi connectivity index (χ4v) is 10.2. The van der Waals surface area contributed by atoms with Crippen LogP contribution in [0.15, 0.2) is 18.2 Å². The molecule has 8 unspecified atom stereocenters. The van der Waals surface area contributed by atoms with Gasteiger partial charge < -0.3 is 16.2 Å². The van der Waals surface area contributed by atoms with E-state index in [0.717, 1.165) is 53.6 Å². The average molecular weight is 495 g/mol. The molecule has 0 heterocycles. The van der Waals surface area contributed by atoms with E-state index >= 15 is 0 Å². The normalized spacial score (nSPS) is 40.8. The molecule has 4 aliphatic rings. The molecule has 3 heteroatoms. The van der Waals surface area contributed by atoms with E-state index in [0.29, 0.717) is 28.3 Å². The highest BCUT2D eigenvalue weighted by molar-refractivity contribution is 5.60. The van der Waals surface area contributed by atoms with Crippen LogP contribution >= 0.6 is 0 Å². The van der Waals surface area contributed by atoms with Crippen molar-refractivity contribution in [1.29, 1.82) is 0 Å². The lowest BCUT2D eigenvalue weighted by Gasteiger charge is -2.61. The zero-order chi connectivity index (χ0) is 25.7. The number of benzene rings is 1. The van der Waals surface area contributed by atoms with Gasteiger partial charge in [-0.05, 0) is 128 Å². The van der Waals surface area contributed by atoms with Crippen LogP contribution in [0.25, 0.3) is 0 Å². The lowest BCUT2D eigenvalue weighted by molar-refractivity contribution is -0.126. The Morgan fingerprint density at radius 1 is 0.889 bits per heavy atom. The number of rotatable bonds is 7. The van der Waals surface area contributed by atoms with Gasteiger partial charge >= 0.3 is 0 Å². The number of ether oxygens (including phenoxy) is 1. The van der Waals surface area contributed by atoms with E-state index in [-0.39, 0.29) is 0 Å². The molecule has 9 atom stereocenters. The van der Waals surface area contributed by atoms with Gasteiger partial charge in [0.1, 0.15) is 5.75 Å². The summed E-state index contributed by atoms with van der Waals surface area (Å²) in [7, 11) is 0. The SMILES string of the molecule is CC(C)CCCC(C)C1CCC2C3CCC4CC(Oc5ccc(N)cc5N)CCC4(C)[C@@H]3CCC12C. The molecule has 4 aliphatic carbocycles. The molecular weight excluding hydrogens is 440 g/mol. The van der Waals surface area contributed by atoms with Gasteiger partial charge in [0.25, 0.3) is 0 Å². The smallest absolute Gasteiger partial charge is 0.142 e. The van der Waals surface area contributed by atoms with Gasteiger partial charge in [-0.1, -0.05) is 53.9 Å². The van der Waals surface area contributed by atoms with Crippen LogP contribution in [0.3, 0.4) is 0 Å². The number of nitrogen functional groups attached to an aromatic ring is 2. The molecule has 0 bridgehead atoms. The Kier molecular flexibility index (Phi) is 7.33. The predicted octanol–water partition coefficient (Wildman–Crippen LogP) is 8.72. The summed E-state index contributed by atoms with van der Waals surface area (Å²) < 4.78 is 6.46. The van der Waals surface area contributed by atoms with Crippen molar-refractivity contribution in [2.75, 3.05) is 11.5 Å². The highest BCUT2D eigenvalue weighted by Crippen LogP contribution is 2.68. The lowest BCUT2D eigenvalue weighted by Crippen LogP contribution is -2.54. The Morgan fingerprint density at radius 3 is 2.39 bits per heavy atom. The molecule has 1 aromatic carbocycles. The summed E-state index contributed by atoms with van der Waals surface area (Å²) in [5, 5.41) is 0. The van der Waals surface area contributed by atoms with Gasteiger partial charge in [0.05, 0.1) is 11.8 Å². The maximum atomic E-state index is 6.46. The molecule has 202 valence electrons. The third kappa shape index (κ3) is 4.66.